The summed E-state index contributed by atoms with van der Waals surface area (Å²) in [5, 5.41) is 2.98. The van der Waals surface area contributed by atoms with E-state index in [4.69, 9.17) is 0 Å². The molecule has 5 rings (SSSR count). The van der Waals surface area contributed by atoms with Gasteiger partial charge in [0.25, 0.3) is 0 Å². The monoisotopic (exact) mass is 449 g/mol. The molecule has 1 aliphatic heterocycles. The molecule has 4 nitrogen and oxygen atoms in total. The van der Waals surface area contributed by atoms with Crippen molar-refractivity contribution < 1.29 is 4.79 Å². The molecule has 0 bridgehead atoms. The van der Waals surface area contributed by atoms with Crippen LogP contribution in [-0.4, -0.2) is 28.9 Å². The van der Waals surface area contributed by atoms with Crippen molar-refractivity contribution in [1.29, 1.82) is 0 Å². The lowest BCUT2D eigenvalue weighted by Crippen LogP contribution is -2.35. The van der Waals surface area contributed by atoms with Crippen LogP contribution < -0.4 is 5.32 Å². The SMILES string of the molecule is CC(C)(C)CN(CC#Cc1ccc2c(c1)CC1(C2)C(=O)Nc2ncccc21)Cc1ccccc1. The van der Waals surface area contributed by atoms with Crippen LogP contribution in [0.3, 0.4) is 0 Å². The zero-order valence-corrected chi connectivity index (χ0v) is 20.2. The molecule has 34 heavy (non-hydrogen) atoms. The Kier molecular flexibility index (Phi) is 5.75. The van der Waals surface area contributed by atoms with Crippen LogP contribution in [0.4, 0.5) is 5.82 Å². The number of hydrogen-bond donors (Lipinski definition) is 1. The Morgan fingerprint density at radius 3 is 2.62 bits per heavy atom. The molecule has 1 unspecified atom stereocenters. The fraction of sp³-hybridized carbons (Fsp3) is 0.333. The number of nitrogens with one attached hydrogen (secondary N) is 1. The number of anilines is 1. The van der Waals surface area contributed by atoms with Gasteiger partial charge in [-0.3, -0.25) is 9.69 Å². The number of amides is 1. The summed E-state index contributed by atoms with van der Waals surface area (Å²) >= 11 is 0. The maximum Gasteiger partial charge on any atom is 0.237 e. The highest BCUT2D eigenvalue weighted by atomic mass is 16.2. The molecule has 2 aliphatic rings. The van der Waals surface area contributed by atoms with Crippen molar-refractivity contribution in [2.75, 3.05) is 18.4 Å². The fourth-order valence-corrected chi connectivity index (χ4v) is 5.28. The van der Waals surface area contributed by atoms with Crippen molar-refractivity contribution in [3.63, 3.8) is 0 Å². The number of carbonyl (C=O) groups is 1. The number of aromatic nitrogens is 1. The first-order valence-corrected chi connectivity index (χ1v) is 12.0. The number of rotatable bonds is 4. The third kappa shape index (κ3) is 4.49. The van der Waals surface area contributed by atoms with Crippen LogP contribution in [0.25, 0.3) is 0 Å². The first-order valence-electron chi connectivity index (χ1n) is 12.0. The molecule has 0 radical (unpaired) electrons. The van der Waals surface area contributed by atoms with Crippen LogP contribution in [0, 0.1) is 17.3 Å². The lowest BCUT2D eigenvalue weighted by atomic mass is 9.79. The quantitative estimate of drug-likeness (QED) is 0.572. The van der Waals surface area contributed by atoms with Gasteiger partial charge in [0.05, 0.1) is 12.0 Å². The topological polar surface area (TPSA) is 45.2 Å². The lowest BCUT2D eigenvalue weighted by Gasteiger charge is -2.28. The van der Waals surface area contributed by atoms with Gasteiger partial charge in [-0.1, -0.05) is 75.1 Å². The van der Waals surface area contributed by atoms with Crippen molar-refractivity contribution in [1.82, 2.24) is 9.88 Å². The second-order valence-corrected chi connectivity index (χ2v) is 10.8. The maximum absolute atomic E-state index is 12.9. The number of fused-ring (bicyclic) bond motifs is 3. The minimum atomic E-state index is -0.531. The molecule has 3 aromatic rings. The van der Waals surface area contributed by atoms with Crippen molar-refractivity contribution >= 4 is 11.7 Å². The number of nitrogens with zero attached hydrogens (tertiary/aromatic N) is 2. The summed E-state index contributed by atoms with van der Waals surface area (Å²) in [6.45, 7) is 9.38. The zero-order chi connectivity index (χ0) is 23.8. The summed E-state index contributed by atoms with van der Waals surface area (Å²) in [5.41, 5.74) is 5.45. The van der Waals surface area contributed by atoms with Gasteiger partial charge in [-0.15, -0.1) is 0 Å². The number of pyridine rings is 1. The number of hydrogen-bond acceptors (Lipinski definition) is 3. The molecular formula is C30H31N3O. The molecule has 1 atom stereocenters. The van der Waals surface area contributed by atoms with Crippen molar-refractivity contribution in [3.05, 3.63) is 94.7 Å². The van der Waals surface area contributed by atoms with Crippen molar-refractivity contribution in [2.24, 2.45) is 5.41 Å². The highest BCUT2D eigenvalue weighted by Gasteiger charge is 2.50. The molecule has 0 fully saturated rings. The Bertz CT molecular complexity index is 1280. The summed E-state index contributed by atoms with van der Waals surface area (Å²) in [4.78, 5) is 19.7. The van der Waals surface area contributed by atoms with Gasteiger partial charge in [0, 0.05) is 30.4 Å². The highest BCUT2D eigenvalue weighted by molar-refractivity contribution is 6.06. The van der Waals surface area contributed by atoms with E-state index < -0.39 is 5.41 Å². The Morgan fingerprint density at radius 2 is 1.82 bits per heavy atom. The van der Waals surface area contributed by atoms with E-state index in [-0.39, 0.29) is 11.3 Å². The third-order valence-electron chi connectivity index (χ3n) is 6.66. The van der Waals surface area contributed by atoms with Gasteiger partial charge < -0.3 is 5.32 Å². The molecule has 2 aromatic carbocycles. The summed E-state index contributed by atoms with van der Waals surface area (Å²) in [6.07, 6.45) is 3.15. The molecule has 0 saturated heterocycles. The van der Waals surface area contributed by atoms with Crippen LogP contribution in [0.1, 0.15) is 48.6 Å². The summed E-state index contributed by atoms with van der Waals surface area (Å²) in [5.74, 6) is 7.55. The van der Waals surface area contributed by atoms with Gasteiger partial charge in [-0.05, 0) is 53.1 Å². The number of carbonyl (C=O) groups excluding carboxylic acids is 1. The molecular weight excluding hydrogens is 418 g/mol. The van der Waals surface area contributed by atoms with Gasteiger partial charge in [-0.2, -0.15) is 0 Å². The Balaban J connectivity index is 1.33. The molecule has 172 valence electrons. The first kappa shape index (κ1) is 22.4. The van der Waals surface area contributed by atoms with E-state index in [0.29, 0.717) is 18.8 Å². The summed E-state index contributed by atoms with van der Waals surface area (Å²) < 4.78 is 0. The largest absolute Gasteiger partial charge is 0.310 e. The number of benzene rings is 2. The van der Waals surface area contributed by atoms with E-state index in [0.717, 1.165) is 30.6 Å². The van der Waals surface area contributed by atoms with E-state index in [9.17, 15) is 4.79 Å². The standard InChI is InChI=1S/C30H31N3O/c1-29(2,3)21-33(20-23-9-5-4-6-10-23)16-8-11-22-13-14-24-18-30(19-25(24)17-22)26-12-7-15-31-27(26)32-28(30)34/h4-7,9-10,12-15,17H,16,18-21H2,1-3H3,(H,31,32,34). The second-order valence-electron chi connectivity index (χ2n) is 10.8. The van der Waals surface area contributed by atoms with Crippen LogP contribution in [0.15, 0.2) is 66.9 Å². The third-order valence-corrected chi connectivity index (χ3v) is 6.66. The molecule has 0 saturated carbocycles. The average molecular weight is 450 g/mol. The van der Waals surface area contributed by atoms with Gasteiger partial charge in [0.15, 0.2) is 0 Å². The van der Waals surface area contributed by atoms with E-state index >= 15 is 0 Å². The normalized spacial score (nSPS) is 18.4. The molecule has 1 amide bonds. The Hall–Kier alpha value is -3.42. The summed E-state index contributed by atoms with van der Waals surface area (Å²) in [7, 11) is 0. The predicted octanol–water partition coefficient (Wildman–Crippen LogP) is 4.97. The van der Waals surface area contributed by atoms with Gasteiger partial charge in [-0.25, -0.2) is 4.98 Å². The van der Waals surface area contributed by atoms with E-state index in [2.05, 4.69) is 96.3 Å². The van der Waals surface area contributed by atoms with Crippen LogP contribution in [0.2, 0.25) is 0 Å². The highest BCUT2D eigenvalue weighted by Crippen LogP contribution is 2.46. The lowest BCUT2D eigenvalue weighted by molar-refractivity contribution is -0.120. The van der Waals surface area contributed by atoms with Gasteiger partial charge >= 0.3 is 0 Å². The second kappa shape index (κ2) is 8.74. The molecule has 2 heterocycles. The molecule has 1 aromatic heterocycles. The fourth-order valence-electron chi connectivity index (χ4n) is 5.28. The average Bonchev–Trinajstić information content (AvgIpc) is 3.31. The minimum absolute atomic E-state index is 0.0590. The van der Waals surface area contributed by atoms with E-state index in [1.807, 2.05) is 12.1 Å². The summed E-state index contributed by atoms with van der Waals surface area (Å²) in [6, 6.07) is 20.9. The van der Waals surface area contributed by atoms with E-state index in [1.54, 1.807) is 6.20 Å². The molecule has 1 N–H and O–H groups in total. The van der Waals surface area contributed by atoms with Gasteiger partial charge in [0.1, 0.15) is 5.82 Å². The Labute approximate surface area is 202 Å². The molecule has 1 spiro atoms. The molecule has 1 aliphatic carbocycles. The smallest absolute Gasteiger partial charge is 0.237 e. The maximum atomic E-state index is 12.9. The van der Waals surface area contributed by atoms with Crippen LogP contribution in [-0.2, 0) is 29.6 Å². The predicted molar refractivity (Wildman–Crippen MR) is 136 cm³/mol. The van der Waals surface area contributed by atoms with Crippen molar-refractivity contribution in [2.45, 2.75) is 45.6 Å². The molecule has 4 heteroatoms. The minimum Gasteiger partial charge on any atom is -0.310 e. The van der Waals surface area contributed by atoms with Crippen molar-refractivity contribution in [3.8, 4) is 11.8 Å². The van der Waals surface area contributed by atoms with E-state index in [1.165, 1.54) is 16.7 Å². The Morgan fingerprint density at radius 1 is 1.03 bits per heavy atom. The zero-order valence-electron chi connectivity index (χ0n) is 20.2. The van der Waals surface area contributed by atoms with Crippen LogP contribution in [0.5, 0.6) is 0 Å². The van der Waals surface area contributed by atoms with Crippen LogP contribution >= 0.6 is 0 Å². The van der Waals surface area contributed by atoms with Gasteiger partial charge in [0.2, 0.25) is 5.91 Å². The first-order chi connectivity index (χ1) is 16.3.